The predicted octanol–water partition coefficient (Wildman–Crippen LogP) is 1.01. The summed E-state index contributed by atoms with van der Waals surface area (Å²) in [5.41, 5.74) is 6.47. The summed E-state index contributed by atoms with van der Waals surface area (Å²) in [6.45, 7) is 0. The highest BCUT2D eigenvalue weighted by Crippen LogP contribution is 2.26. The molecule has 1 aromatic carbocycles. The number of hydrogen-bond acceptors (Lipinski definition) is 6. The van der Waals surface area contributed by atoms with Crippen molar-refractivity contribution in [2.75, 3.05) is 20.0 Å². The van der Waals surface area contributed by atoms with Crippen molar-refractivity contribution in [2.24, 2.45) is 0 Å². The molecule has 0 amide bonds. The van der Waals surface area contributed by atoms with Gasteiger partial charge >= 0.3 is 5.97 Å². The van der Waals surface area contributed by atoms with Crippen LogP contribution < -0.4 is 10.5 Å². The molecule has 2 aromatic rings. The molecule has 0 bridgehead atoms. The van der Waals surface area contributed by atoms with Crippen molar-refractivity contribution in [3.8, 4) is 5.75 Å². The maximum Gasteiger partial charge on any atom is 0.338 e. The van der Waals surface area contributed by atoms with Crippen LogP contribution >= 0.6 is 0 Å². The summed E-state index contributed by atoms with van der Waals surface area (Å²) in [5.74, 6) is 0.289. The molecule has 0 saturated heterocycles. The van der Waals surface area contributed by atoms with Crippen LogP contribution in [0.4, 0.5) is 5.82 Å². The first kappa shape index (κ1) is 11.1. The van der Waals surface area contributed by atoms with Gasteiger partial charge in [0.2, 0.25) is 0 Å². The lowest BCUT2D eigenvalue weighted by Crippen LogP contribution is -2.03. The Balaban J connectivity index is 2.71. The number of esters is 1. The molecule has 2 rings (SSSR count). The van der Waals surface area contributed by atoms with E-state index in [9.17, 15) is 4.79 Å². The van der Waals surface area contributed by atoms with Gasteiger partial charge in [0.15, 0.2) is 0 Å². The maximum atomic E-state index is 11.5. The quantitative estimate of drug-likeness (QED) is 0.779. The van der Waals surface area contributed by atoms with E-state index in [0.717, 1.165) is 0 Å². The molecule has 88 valence electrons. The lowest BCUT2D eigenvalue weighted by Gasteiger charge is -2.07. The lowest BCUT2D eigenvalue weighted by atomic mass is 10.1. The number of rotatable bonds is 2. The monoisotopic (exact) mass is 233 g/mol. The molecule has 0 atom stereocenters. The van der Waals surface area contributed by atoms with Gasteiger partial charge in [0.05, 0.1) is 19.8 Å². The van der Waals surface area contributed by atoms with Gasteiger partial charge in [-0.1, -0.05) is 0 Å². The topological polar surface area (TPSA) is 87.3 Å². The first-order valence-electron chi connectivity index (χ1n) is 4.85. The van der Waals surface area contributed by atoms with Crippen molar-refractivity contribution in [3.05, 3.63) is 23.8 Å². The van der Waals surface area contributed by atoms with Crippen LogP contribution in [0.3, 0.4) is 0 Å². The molecule has 0 aliphatic rings. The van der Waals surface area contributed by atoms with E-state index in [2.05, 4.69) is 14.9 Å². The number of fused-ring (bicyclic) bond motifs is 1. The fourth-order valence-corrected chi connectivity index (χ4v) is 1.53. The number of benzene rings is 1. The number of anilines is 1. The van der Waals surface area contributed by atoms with Gasteiger partial charge in [-0.15, -0.1) is 10.2 Å². The summed E-state index contributed by atoms with van der Waals surface area (Å²) >= 11 is 0. The highest BCUT2D eigenvalue weighted by atomic mass is 16.5. The van der Waals surface area contributed by atoms with Crippen LogP contribution in [0.5, 0.6) is 5.75 Å². The summed E-state index contributed by atoms with van der Waals surface area (Å²) in [4.78, 5) is 11.5. The Morgan fingerprint density at radius 3 is 2.65 bits per heavy atom. The van der Waals surface area contributed by atoms with Crippen LogP contribution in [0.2, 0.25) is 0 Å². The smallest absolute Gasteiger partial charge is 0.338 e. The molecule has 1 aromatic heterocycles. The highest BCUT2D eigenvalue weighted by Gasteiger charge is 2.12. The average molecular weight is 233 g/mol. The zero-order valence-electron chi connectivity index (χ0n) is 9.43. The Bertz CT molecular complexity index is 583. The van der Waals surface area contributed by atoms with E-state index in [0.29, 0.717) is 22.2 Å². The number of nitrogens with two attached hydrogens (primary N) is 1. The van der Waals surface area contributed by atoms with Crippen molar-refractivity contribution in [3.63, 3.8) is 0 Å². The minimum Gasteiger partial charge on any atom is -0.494 e. The molecule has 0 aliphatic carbocycles. The van der Waals surface area contributed by atoms with Gasteiger partial charge in [-0.05, 0) is 18.2 Å². The fraction of sp³-hybridized carbons (Fsp3) is 0.182. The van der Waals surface area contributed by atoms with Gasteiger partial charge in [-0.2, -0.15) is 0 Å². The van der Waals surface area contributed by atoms with Crippen molar-refractivity contribution in [1.29, 1.82) is 0 Å². The molecular formula is C11H11N3O3. The maximum absolute atomic E-state index is 11.5. The third-order valence-electron chi connectivity index (χ3n) is 2.31. The van der Waals surface area contributed by atoms with Gasteiger partial charge in [0.1, 0.15) is 17.1 Å². The zero-order valence-corrected chi connectivity index (χ0v) is 9.43. The summed E-state index contributed by atoms with van der Waals surface area (Å²) in [6.07, 6.45) is 0. The third kappa shape index (κ3) is 1.96. The van der Waals surface area contributed by atoms with Gasteiger partial charge in [0, 0.05) is 5.39 Å². The van der Waals surface area contributed by atoms with Crippen LogP contribution in [-0.2, 0) is 4.74 Å². The predicted molar refractivity (Wildman–Crippen MR) is 61.8 cm³/mol. The molecule has 0 radical (unpaired) electrons. The minimum absolute atomic E-state index is 0.279. The van der Waals surface area contributed by atoms with E-state index in [1.165, 1.54) is 14.2 Å². The molecule has 0 aliphatic heterocycles. The Labute approximate surface area is 97.3 Å². The van der Waals surface area contributed by atoms with Gasteiger partial charge in [-0.3, -0.25) is 0 Å². The first-order chi connectivity index (χ1) is 8.15. The number of nitrogen functional groups attached to an aromatic ring is 1. The number of aromatic nitrogens is 2. The van der Waals surface area contributed by atoms with Crippen molar-refractivity contribution < 1.29 is 14.3 Å². The van der Waals surface area contributed by atoms with Crippen LogP contribution in [0, 0.1) is 0 Å². The molecular weight excluding hydrogens is 222 g/mol. The van der Waals surface area contributed by atoms with Crippen molar-refractivity contribution in [2.45, 2.75) is 0 Å². The van der Waals surface area contributed by atoms with Crippen LogP contribution in [0.1, 0.15) is 10.4 Å². The number of hydrogen-bond donors (Lipinski definition) is 1. The molecule has 6 nitrogen and oxygen atoms in total. The second-order valence-corrected chi connectivity index (χ2v) is 3.38. The summed E-state index contributed by atoms with van der Waals surface area (Å²) in [6, 6.07) is 4.81. The normalized spacial score (nSPS) is 10.2. The van der Waals surface area contributed by atoms with Gasteiger partial charge < -0.3 is 15.2 Å². The molecule has 2 N–H and O–H groups in total. The van der Waals surface area contributed by atoms with Crippen LogP contribution in [-0.4, -0.2) is 30.4 Å². The molecule has 0 spiro atoms. The summed E-state index contributed by atoms with van der Waals surface area (Å²) in [5, 5.41) is 8.35. The molecule has 1 heterocycles. The fourth-order valence-electron chi connectivity index (χ4n) is 1.53. The van der Waals surface area contributed by atoms with Gasteiger partial charge in [-0.25, -0.2) is 4.79 Å². The number of nitrogens with zero attached hydrogens (tertiary/aromatic N) is 2. The Morgan fingerprint density at radius 2 is 2.00 bits per heavy atom. The van der Waals surface area contributed by atoms with Crippen molar-refractivity contribution >= 4 is 22.7 Å². The van der Waals surface area contributed by atoms with Gasteiger partial charge in [0.25, 0.3) is 0 Å². The van der Waals surface area contributed by atoms with E-state index in [-0.39, 0.29) is 5.82 Å². The largest absolute Gasteiger partial charge is 0.494 e. The van der Waals surface area contributed by atoms with E-state index in [1.807, 2.05) is 0 Å². The van der Waals surface area contributed by atoms with E-state index < -0.39 is 5.97 Å². The number of carbonyl (C=O) groups is 1. The average Bonchev–Trinajstić information content (AvgIpc) is 2.35. The third-order valence-corrected chi connectivity index (χ3v) is 2.31. The van der Waals surface area contributed by atoms with E-state index >= 15 is 0 Å². The Hall–Kier alpha value is -2.37. The second-order valence-electron chi connectivity index (χ2n) is 3.38. The van der Waals surface area contributed by atoms with Crippen molar-refractivity contribution in [1.82, 2.24) is 10.2 Å². The first-order valence-corrected chi connectivity index (χ1v) is 4.85. The molecule has 0 fully saturated rings. The number of carbonyl (C=O) groups excluding carboxylic acids is 1. The van der Waals surface area contributed by atoms with E-state index in [1.54, 1.807) is 18.2 Å². The number of methoxy groups -OCH3 is 2. The Kier molecular flexibility index (Phi) is 2.78. The summed E-state index contributed by atoms with van der Waals surface area (Å²) in [7, 11) is 2.81. The van der Waals surface area contributed by atoms with Crippen LogP contribution in [0.25, 0.3) is 10.9 Å². The lowest BCUT2D eigenvalue weighted by molar-refractivity contribution is 0.0600. The van der Waals surface area contributed by atoms with E-state index in [4.69, 9.17) is 10.5 Å². The highest BCUT2D eigenvalue weighted by molar-refractivity contribution is 5.97. The molecule has 0 saturated carbocycles. The SMILES string of the molecule is COC(=O)c1cc(OC)c2nnc(N)cc2c1. The zero-order chi connectivity index (χ0) is 12.4. The van der Waals surface area contributed by atoms with Crippen LogP contribution in [0.15, 0.2) is 18.2 Å². The second kappa shape index (κ2) is 4.25. The Morgan fingerprint density at radius 1 is 1.24 bits per heavy atom. The summed E-state index contributed by atoms with van der Waals surface area (Å²) < 4.78 is 9.80. The molecule has 6 heteroatoms. The molecule has 17 heavy (non-hydrogen) atoms. The number of ether oxygens (including phenoxy) is 2. The minimum atomic E-state index is -0.444. The molecule has 0 unspecified atom stereocenters. The standard InChI is InChI=1S/C11H11N3O3/c1-16-8-4-7(11(15)17-2)3-6-5-9(12)13-14-10(6)8/h3-5H,1-2H3,(H2,12,13).